The van der Waals surface area contributed by atoms with E-state index in [4.69, 9.17) is 16.3 Å². The third-order valence-electron chi connectivity index (χ3n) is 5.23. The number of hydrogen-bond acceptors (Lipinski definition) is 5. The standard InChI is InChI=1S/C19H24ClN3O4/c1-3-27-16(24)13-7-9-22(10-8-13)12-23-17(25)19(2,21-18(23)26)14-5-4-6-15(20)11-14/h4-6,11,13H,3,7-10,12H2,1-2H3,(H,21,26)/t19-/m1/s1. The Morgan fingerprint density at radius 1 is 1.33 bits per heavy atom. The van der Waals surface area contributed by atoms with Gasteiger partial charge in [-0.05, 0) is 44.4 Å². The van der Waals surface area contributed by atoms with Crippen LogP contribution in [0, 0.1) is 5.92 Å². The second-order valence-electron chi connectivity index (χ2n) is 7.08. The number of likely N-dealkylation sites (tertiary alicyclic amines) is 1. The topological polar surface area (TPSA) is 79.0 Å². The molecule has 3 amide bonds. The summed E-state index contributed by atoms with van der Waals surface area (Å²) in [7, 11) is 0. The summed E-state index contributed by atoms with van der Waals surface area (Å²) >= 11 is 6.04. The van der Waals surface area contributed by atoms with Gasteiger partial charge in [0.1, 0.15) is 5.54 Å². The molecule has 1 N–H and O–H groups in total. The fourth-order valence-electron chi connectivity index (χ4n) is 3.59. The Kier molecular flexibility index (Phi) is 5.72. The second-order valence-corrected chi connectivity index (χ2v) is 7.52. The number of hydrogen-bond donors (Lipinski definition) is 1. The van der Waals surface area contributed by atoms with Gasteiger partial charge in [-0.15, -0.1) is 0 Å². The average molecular weight is 394 g/mol. The third-order valence-corrected chi connectivity index (χ3v) is 5.46. The zero-order valence-electron chi connectivity index (χ0n) is 15.5. The monoisotopic (exact) mass is 393 g/mol. The fourth-order valence-corrected chi connectivity index (χ4v) is 3.78. The van der Waals surface area contributed by atoms with Gasteiger partial charge in [0.15, 0.2) is 0 Å². The summed E-state index contributed by atoms with van der Waals surface area (Å²) in [6.07, 6.45) is 1.32. The molecule has 0 bridgehead atoms. The van der Waals surface area contributed by atoms with Crippen LogP contribution >= 0.6 is 11.6 Å². The highest BCUT2D eigenvalue weighted by atomic mass is 35.5. The lowest BCUT2D eigenvalue weighted by Crippen LogP contribution is -2.46. The zero-order chi connectivity index (χ0) is 19.6. The van der Waals surface area contributed by atoms with Gasteiger partial charge in [-0.25, -0.2) is 9.69 Å². The molecule has 0 unspecified atom stereocenters. The van der Waals surface area contributed by atoms with Crippen molar-refractivity contribution in [3.63, 3.8) is 0 Å². The first kappa shape index (κ1) is 19.6. The normalized spacial score (nSPS) is 24.2. The van der Waals surface area contributed by atoms with Crippen LogP contribution in [0.15, 0.2) is 24.3 Å². The van der Waals surface area contributed by atoms with Gasteiger partial charge in [0.2, 0.25) is 0 Å². The third kappa shape index (κ3) is 3.94. The molecule has 8 heteroatoms. The average Bonchev–Trinajstić information content (AvgIpc) is 2.87. The van der Waals surface area contributed by atoms with Crippen molar-refractivity contribution in [2.45, 2.75) is 32.2 Å². The minimum Gasteiger partial charge on any atom is -0.466 e. The molecule has 7 nitrogen and oxygen atoms in total. The van der Waals surface area contributed by atoms with Crippen molar-refractivity contribution in [2.75, 3.05) is 26.4 Å². The van der Waals surface area contributed by atoms with Crippen LogP contribution in [0.4, 0.5) is 4.79 Å². The van der Waals surface area contributed by atoms with Gasteiger partial charge in [0.25, 0.3) is 5.91 Å². The van der Waals surface area contributed by atoms with Crippen LogP contribution in [0.2, 0.25) is 5.02 Å². The quantitative estimate of drug-likeness (QED) is 0.613. The van der Waals surface area contributed by atoms with E-state index in [1.54, 1.807) is 38.1 Å². The van der Waals surface area contributed by atoms with Crippen molar-refractivity contribution in [3.8, 4) is 0 Å². The number of piperidine rings is 1. The molecule has 2 aliphatic rings. The number of ether oxygens (including phenoxy) is 1. The first-order valence-electron chi connectivity index (χ1n) is 9.14. The number of halogens is 1. The highest BCUT2D eigenvalue weighted by molar-refractivity contribution is 6.30. The molecule has 0 aliphatic carbocycles. The number of carbonyl (C=O) groups is 3. The van der Waals surface area contributed by atoms with E-state index in [0.29, 0.717) is 43.1 Å². The Bertz CT molecular complexity index is 748. The van der Waals surface area contributed by atoms with Crippen molar-refractivity contribution < 1.29 is 19.1 Å². The molecule has 1 aromatic carbocycles. The Morgan fingerprint density at radius 3 is 2.67 bits per heavy atom. The lowest BCUT2D eigenvalue weighted by atomic mass is 9.92. The van der Waals surface area contributed by atoms with Crippen LogP contribution in [0.3, 0.4) is 0 Å². The summed E-state index contributed by atoms with van der Waals surface area (Å²) in [6, 6.07) is 6.52. The molecule has 2 fully saturated rings. The van der Waals surface area contributed by atoms with Gasteiger partial charge in [-0.1, -0.05) is 23.7 Å². The van der Waals surface area contributed by atoms with E-state index in [2.05, 4.69) is 5.32 Å². The largest absolute Gasteiger partial charge is 0.466 e. The molecule has 1 atom stereocenters. The summed E-state index contributed by atoms with van der Waals surface area (Å²) in [5, 5.41) is 3.29. The van der Waals surface area contributed by atoms with E-state index in [9.17, 15) is 14.4 Å². The van der Waals surface area contributed by atoms with Gasteiger partial charge in [-0.3, -0.25) is 14.5 Å². The minimum atomic E-state index is -1.13. The molecule has 2 heterocycles. The maximum atomic E-state index is 13.0. The van der Waals surface area contributed by atoms with Gasteiger partial charge in [-0.2, -0.15) is 0 Å². The van der Waals surface area contributed by atoms with E-state index in [0.717, 1.165) is 0 Å². The van der Waals surface area contributed by atoms with Gasteiger partial charge in [0, 0.05) is 18.1 Å². The number of nitrogens with zero attached hydrogens (tertiary/aromatic N) is 2. The number of amides is 3. The smallest absolute Gasteiger partial charge is 0.326 e. The molecule has 0 aromatic heterocycles. The predicted octanol–water partition coefficient (Wildman–Crippen LogP) is 2.34. The maximum Gasteiger partial charge on any atom is 0.326 e. The van der Waals surface area contributed by atoms with E-state index in [1.165, 1.54) is 4.90 Å². The molecule has 0 radical (unpaired) electrons. The van der Waals surface area contributed by atoms with E-state index in [1.807, 2.05) is 4.90 Å². The zero-order valence-corrected chi connectivity index (χ0v) is 16.3. The number of nitrogens with one attached hydrogen (secondary N) is 1. The van der Waals surface area contributed by atoms with E-state index in [-0.39, 0.29) is 24.5 Å². The number of carbonyl (C=O) groups excluding carboxylic acids is 3. The summed E-state index contributed by atoms with van der Waals surface area (Å²) in [5.41, 5.74) is -0.484. The number of esters is 1. The number of urea groups is 1. The van der Waals surface area contributed by atoms with Crippen molar-refractivity contribution in [1.82, 2.24) is 15.1 Å². The molecule has 27 heavy (non-hydrogen) atoms. The molecule has 0 saturated carbocycles. The first-order valence-corrected chi connectivity index (χ1v) is 9.52. The number of rotatable bonds is 5. The molecule has 2 saturated heterocycles. The Morgan fingerprint density at radius 2 is 2.04 bits per heavy atom. The SMILES string of the molecule is CCOC(=O)C1CCN(CN2C(=O)N[C@](C)(c3cccc(Cl)c3)C2=O)CC1. The van der Waals surface area contributed by atoms with Crippen LogP contribution in [-0.2, 0) is 19.9 Å². The summed E-state index contributed by atoms with van der Waals surface area (Å²) in [6.45, 7) is 5.33. The second kappa shape index (κ2) is 7.86. The number of imide groups is 1. The van der Waals surface area contributed by atoms with E-state index < -0.39 is 11.6 Å². The molecule has 0 spiro atoms. The predicted molar refractivity (Wildman–Crippen MR) is 100.0 cm³/mol. The molecule has 3 rings (SSSR count). The van der Waals surface area contributed by atoms with Gasteiger partial charge < -0.3 is 10.1 Å². The fraction of sp³-hybridized carbons (Fsp3) is 0.526. The number of benzene rings is 1. The molecular weight excluding hydrogens is 370 g/mol. The highest BCUT2D eigenvalue weighted by Gasteiger charge is 2.49. The van der Waals surface area contributed by atoms with Crippen LogP contribution in [0.5, 0.6) is 0 Å². The summed E-state index contributed by atoms with van der Waals surface area (Å²) < 4.78 is 5.07. The first-order chi connectivity index (χ1) is 12.8. The summed E-state index contributed by atoms with van der Waals surface area (Å²) in [5.74, 6) is -0.580. The lowest BCUT2D eigenvalue weighted by Gasteiger charge is -2.32. The molecule has 146 valence electrons. The Hall–Kier alpha value is -2.12. The molecule has 1 aromatic rings. The molecule has 2 aliphatic heterocycles. The van der Waals surface area contributed by atoms with Crippen LogP contribution in [0.1, 0.15) is 32.3 Å². The van der Waals surface area contributed by atoms with Crippen molar-refractivity contribution in [3.05, 3.63) is 34.9 Å². The van der Waals surface area contributed by atoms with Gasteiger partial charge >= 0.3 is 12.0 Å². The Balaban J connectivity index is 1.64. The summed E-state index contributed by atoms with van der Waals surface area (Å²) in [4.78, 5) is 40.5. The van der Waals surface area contributed by atoms with Crippen molar-refractivity contribution in [2.24, 2.45) is 5.92 Å². The van der Waals surface area contributed by atoms with E-state index >= 15 is 0 Å². The van der Waals surface area contributed by atoms with Crippen LogP contribution < -0.4 is 5.32 Å². The molecular formula is C19H24ClN3O4. The van der Waals surface area contributed by atoms with Crippen LogP contribution in [-0.4, -0.2) is 54.1 Å². The Labute approximate surface area is 163 Å². The van der Waals surface area contributed by atoms with Crippen LogP contribution in [0.25, 0.3) is 0 Å². The van der Waals surface area contributed by atoms with Crippen molar-refractivity contribution >= 4 is 29.5 Å². The van der Waals surface area contributed by atoms with Crippen molar-refractivity contribution in [1.29, 1.82) is 0 Å². The minimum absolute atomic E-state index is 0.110. The highest BCUT2D eigenvalue weighted by Crippen LogP contribution is 2.31. The van der Waals surface area contributed by atoms with Gasteiger partial charge in [0.05, 0.1) is 19.2 Å². The lowest BCUT2D eigenvalue weighted by molar-refractivity contribution is -0.150. The maximum absolute atomic E-state index is 13.0.